The summed E-state index contributed by atoms with van der Waals surface area (Å²) in [7, 11) is -0.0239. The third-order valence-corrected chi connectivity index (χ3v) is 3.63. The quantitative estimate of drug-likeness (QED) is 0.774. The van der Waals surface area contributed by atoms with Crippen molar-refractivity contribution >= 4 is 34.0 Å². The fourth-order valence-corrected chi connectivity index (χ4v) is 2.61. The average Bonchev–Trinajstić information content (AvgIpc) is 2.17. The number of nitrogen functional groups attached to an aromatic ring is 1. The largest absolute Gasteiger partial charge is 0.398 e. The van der Waals surface area contributed by atoms with E-state index in [1.807, 2.05) is 0 Å². The second kappa shape index (κ2) is 5.14. The van der Waals surface area contributed by atoms with Crippen LogP contribution in [0, 0.1) is 0 Å². The zero-order chi connectivity index (χ0) is 11.4. The number of halogens is 1. The Labute approximate surface area is 95.3 Å². The van der Waals surface area contributed by atoms with Gasteiger partial charge in [-0.25, -0.2) is 0 Å². The van der Waals surface area contributed by atoms with Crippen molar-refractivity contribution in [3.05, 3.63) is 23.2 Å². The van der Waals surface area contributed by atoms with Crippen molar-refractivity contribution in [1.29, 1.82) is 0 Å². The molecular formula is C9H11ClN2O2S. The number of amides is 1. The van der Waals surface area contributed by atoms with E-state index in [9.17, 15) is 9.00 Å². The van der Waals surface area contributed by atoms with Crippen molar-refractivity contribution in [3.63, 3.8) is 0 Å². The Kier molecular flexibility index (Phi) is 4.11. The lowest BCUT2D eigenvalue weighted by atomic mass is 10.3. The van der Waals surface area contributed by atoms with Gasteiger partial charge in [-0.1, -0.05) is 17.7 Å². The van der Waals surface area contributed by atoms with Crippen LogP contribution in [-0.4, -0.2) is 22.9 Å². The van der Waals surface area contributed by atoms with Gasteiger partial charge >= 0.3 is 0 Å². The summed E-state index contributed by atoms with van der Waals surface area (Å²) in [5.41, 5.74) is 5.97. The summed E-state index contributed by atoms with van der Waals surface area (Å²) in [6, 6.07) is 4.86. The van der Waals surface area contributed by atoms with Crippen molar-refractivity contribution in [3.8, 4) is 0 Å². The fourth-order valence-electron chi connectivity index (χ4n) is 1.03. The molecule has 82 valence electrons. The zero-order valence-electron chi connectivity index (χ0n) is 8.12. The van der Waals surface area contributed by atoms with Crippen molar-refractivity contribution < 1.29 is 9.00 Å². The van der Waals surface area contributed by atoms with Crippen LogP contribution in [0.4, 0.5) is 5.69 Å². The summed E-state index contributed by atoms with van der Waals surface area (Å²) in [5.74, 6) is -0.447. The molecule has 0 aliphatic rings. The second-order valence-corrected chi connectivity index (χ2v) is 4.62. The highest BCUT2D eigenvalue weighted by atomic mass is 35.5. The van der Waals surface area contributed by atoms with E-state index in [2.05, 4.69) is 5.32 Å². The van der Waals surface area contributed by atoms with E-state index in [4.69, 9.17) is 17.3 Å². The molecule has 15 heavy (non-hydrogen) atoms. The fraction of sp³-hybridized carbons (Fsp3) is 0.222. The van der Waals surface area contributed by atoms with Gasteiger partial charge in [0.05, 0.1) is 20.7 Å². The minimum absolute atomic E-state index is 0.134. The molecule has 0 spiro atoms. The van der Waals surface area contributed by atoms with Crippen molar-refractivity contribution in [2.75, 3.05) is 18.5 Å². The van der Waals surface area contributed by atoms with Gasteiger partial charge in [0.2, 0.25) is 5.91 Å². The van der Waals surface area contributed by atoms with Gasteiger partial charge in [0.25, 0.3) is 0 Å². The molecule has 0 aliphatic carbocycles. The first-order valence-electron chi connectivity index (χ1n) is 4.19. The molecule has 6 heteroatoms. The molecule has 0 saturated carbocycles. The van der Waals surface area contributed by atoms with E-state index >= 15 is 0 Å². The van der Waals surface area contributed by atoms with Gasteiger partial charge in [0.15, 0.2) is 0 Å². The smallest absolute Gasteiger partial charge is 0.232 e. The van der Waals surface area contributed by atoms with Crippen LogP contribution in [0.5, 0.6) is 0 Å². The number of nitrogens with two attached hydrogens (primary N) is 1. The molecule has 0 aromatic heterocycles. The van der Waals surface area contributed by atoms with Gasteiger partial charge in [-0.05, 0) is 12.1 Å². The van der Waals surface area contributed by atoms with Crippen LogP contribution in [0.15, 0.2) is 23.1 Å². The highest BCUT2D eigenvalue weighted by Crippen LogP contribution is 2.25. The molecule has 0 fully saturated rings. The molecule has 1 aromatic carbocycles. The number of nitrogens with one attached hydrogen (secondary N) is 1. The number of hydrogen-bond donors (Lipinski definition) is 2. The first-order valence-corrected chi connectivity index (χ1v) is 5.89. The SMILES string of the molecule is CNC(=O)CS(=O)c1c(N)cccc1Cl. The number of carbonyl (C=O) groups excluding carboxylic acids is 1. The Hall–Kier alpha value is -1.07. The van der Waals surface area contributed by atoms with Gasteiger partial charge in [-0.2, -0.15) is 0 Å². The monoisotopic (exact) mass is 246 g/mol. The summed E-state index contributed by atoms with van der Waals surface area (Å²) in [5, 5.41) is 2.71. The molecule has 0 aliphatic heterocycles. The topological polar surface area (TPSA) is 72.2 Å². The van der Waals surface area contributed by atoms with Crippen LogP contribution in [0.25, 0.3) is 0 Å². The molecule has 3 N–H and O–H groups in total. The highest BCUT2D eigenvalue weighted by molar-refractivity contribution is 7.86. The molecule has 1 unspecified atom stereocenters. The third-order valence-electron chi connectivity index (χ3n) is 1.77. The van der Waals surface area contributed by atoms with Crippen molar-refractivity contribution in [2.45, 2.75) is 4.90 Å². The van der Waals surface area contributed by atoms with Crippen LogP contribution in [0.1, 0.15) is 0 Å². The maximum Gasteiger partial charge on any atom is 0.232 e. The minimum Gasteiger partial charge on any atom is -0.398 e. The van der Waals surface area contributed by atoms with Gasteiger partial charge < -0.3 is 11.1 Å². The number of anilines is 1. The second-order valence-electron chi connectivity index (χ2n) is 2.82. The molecule has 0 heterocycles. The standard InChI is InChI=1S/C9H11ClN2O2S/c1-12-8(13)5-15(14)9-6(10)3-2-4-7(9)11/h2-4H,5,11H2,1H3,(H,12,13). The Morgan fingerprint density at radius 2 is 2.27 bits per heavy atom. The third kappa shape index (κ3) is 2.94. The Balaban J connectivity index is 2.96. The average molecular weight is 247 g/mol. The lowest BCUT2D eigenvalue weighted by Gasteiger charge is -2.06. The van der Waals surface area contributed by atoms with Crippen molar-refractivity contribution in [1.82, 2.24) is 5.32 Å². The van der Waals surface area contributed by atoms with Gasteiger partial charge in [0, 0.05) is 12.7 Å². The molecule has 1 amide bonds. The lowest BCUT2D eigenvalue weighted by Crippen LogP contribution is -2.24. The zero-order valence-corrected chi connectivity index (χ0v) is 9.69. The van der Waals surface area contributed by atoms with Gasteiger partial charge in [-0.3, -0.25) is 9.00 Å². The van der Waals surface area contributed by atoms with Crippen LogP contribution < -0.4 is 11.1 Å². The number of rotatable bonds is 3. The molecule has 0 radical (unpaired) electrons. The molecule has 4 nitrogen and oxygen atoms in total. The van der Waals surface area contributed by atoms with Crippen molar-refractivity contribution in [2.24, 2.45) is 0 Å². The summed E-state index contributed by atoms with van der Waals surface area (Å²) < 4.78 is 11.7. The molecular weight excluding hydrogens is 236 g/mol. The molecule has 0 saturated heterocycles. The first kappa shape index (κ1) is 12.0. The van der Waals surface area contributed by atoms with E-state index in [0.29, 0.717) is 15.6 Å². The predicted octanol–water partition coefficient (Wildman–Crippen LogP) is 0.776. The van der Waals surface area contributed by atoms with E-state index in [-0.39, 0.29) is 11.7 Å². The Bertz CT molecular complexity index is 389. The minimum atomic E-state index is -1.51. The lowest BCUT2D eigenvalue weighted by molar-refractivity contribution is -0.118. The van der Waals surface area contributed by atoms with Crippen LogP contribution >= 0.6 is 11.6 Å². The molecule has 1 aromatic rings. The van der Waals surface area contributed by atoms with Crippen LogP contribution in [0.3, 0.4) is 0 Å². The summed E-state index contributed by atoms with van der Waals surface area (Å²) in [4.78, 5) is 11.4. The van der Waals surface area contributed by atoms with Crippen LogP contribution in [0.2, 0.25) is 5.02 Å². The van der Waals surface area contributed by atoms with E-state index in [1.165, 1.54) is 7.05 Å². The van der Waals surface area contributed by atoms with E-state index in [0.717, 1.165) is 0 Å². The molecule has 1 atom stereocenters. The van der Waals surface area contributed by atoms with Gasteiger partial charge in [0.1, 0.15) is 5.75 Å². The predicted molar refractivity (Wildman–Crippen MR) is 61.2 cm³/mol. The maximum atomic E-state index is 11.7. The molecule has 1 rings (SSSR count). The normalized spacial score (nSPS) is 12.1. The van der Waals surface area contributed by atoms with E-state index < -0.39 is 10.8 Å². The highest BCUT2D eigenvalue weighted by Gasteiger charge is 2.14. The van der Waals surface area contributed by atoms with E-state index in [1.54, 1.807) is 18.2 Å². The van der Waals surface area contributed by atoms with Gasteiger partial charge in [-0.15, -0.1) is 0 Å². The summed E-state index contributed by atoms with van der Waals surface area (Å²) >= 11 is 5.85. The molecule has 0 bridgehead atoms. The Morgan fingerprint density at radius 3 is 2.80 bits per heavy atom. The first-order chi connectivity index (χ1) is 7.06. The maximum absolute atomic E-state index is 11.7. The van der Waals surface area contributed by atoms with Crippen LogP contribution in [-0.2, 0) is 15.6 Å². The Morgan fingerprint density at radius 1 is 1.60 bits per heavy atom. The number of benzene rings is 1. The summed E-state index contributed by atoms with van der Waals surface area (Å²) in [6.45, 7) is 0. The number of hydrogen-bond acceptors (Lipinski definition) is 3. The number of carbonyl (C=O) groups is 1. The summed E-state index contributed by atoms with van der Waals surface area (Å²) in [6.07, 6.45) is 0.